The van der Waals surface area contributed by atoms with Crippen LogP contribution in [0.5, 0.6) is 5.75 Å². The van der Waals surface area contributed by atoms with E-state index in [0.717, 1.165) is 11.4 Å². The van der Waals surface area contributed by atoms with Gasteiger partial charge in [0, 0.05) is 28.8 Å². The summed E-state index contributed by atoms with van der Waals surface area (Å²) in [6.07, 6.45) is 0. The van der Waals surface area contributed by atoms with Crippen molar-refractivity contribution in [3.63, 3.8) is 0 Å². The van der Waals surface area contributed by atoms with Gasteiger partial charge >= 0.3 is 0 Å². The number of rotatable bonds is 2. The first-order valence-corrected chi connectivity index (χ1v) is 5.94. The molecule has 0 spiro atoms. The molecule has 0 saturated heterocycles. The molecule has 3 N–H and O–H groups in total. The van der Waals surface area contributed by atoms with Gasteiger partial charge in [-0.3, -0.25) is 0 Å². The van der Waals surface area contributed by atoms with Crippen LogP contribution < -0.4 is 15.8 Å². The van der Waals surface area contributed by atoms with Crippen LogP contribution in [0.2, 0.25) is 0 Å². The Hall–Kier alpha value is -0.870. The number of ether oxygens (including phenoxy) is 1. The summed E-state index contributed by atoms with van der Waals surface area (Å²) in [5.41, 5.74) is 6.87. The maximum atomic E-state index is 5.72. The fourth-order valence-corrected chi connectivity index (χ4v) is 2.79. The average Bonchev–Trinajstić information content (AvgIpc) is 2.27. The third-order valence-electron chi connectivity index (χ3n) is 2.64. The number of hydrogen-bond donors (Lipinski definition) is 2. The number of hydrogen-bond acceptors (Lipinski definition) is 4. The lowest BCUT2D eigenvalue weighted by atomic mass is 10.2. The van der Waals surface area contributed by atoms with Crippen LogP contribution in [0.25, 0.3) is 0 Å². The van der Waals surface area contributed by atoms with Gasteiger partial charge in [0.05, 0.1) is 12.8 Å². The summed E-state index contributed by atoms with van der Waals surface area (Å²) in [5, 5.41) is 3.90. The standard InChI is InChI=1S/C11H16N2OS/c1-7-11(6-12)15-10-4-3-8(14-2)5-9(10)13-7/h3-5,7,11,13H,6,12H2,1-2H3. The predicted molar refractivity (Wildman–Crippen MR) is 64.8 cm³/mol. The first-order chi connectivity index (χ1) is 7.24. The molecule has 0 aliphatic carbocycles. The summed E-state index contributed by atoms with van der Waals surface area (Å²) in [6, 6.07) is 6.50. The molecule has 1 aliphatic heterocycles. The van der Waals surface area contributed by atoms with Crippen LogP contribution in [0, 0.1) is 0 Å². The molecule has 4 heteroatoms. The highest BCUT2D eigenvalue weighted by atomic mass is 32.2. The molecular formula is C11H16N2OS. The van der Waals surface area contributed by atoms with Gasteiger partial charge in [0.1, 0.15) is 5.75 Å². The molecule has 0 saturated carbocycles. The lowest BCUT2D eigenvalue weighted by Crippen LogP contribution is -2.36. The third kappa shape index (κ3) is 2.06. The number of nitrogens with one attached hydrogen (secondary N) is 1. The lowest BCUT2D eigenvalue weighted by molar-refractivity contribution is 0.414. The van der Waals surface area contributed by atoms with Gasteiger partial charge in [-0.05, 0) is 19.1 Å². The van der Waals surface area contributed by atoms with Gasteiger partial charge in [0.15, 0.2) is 0 Å². The Morgan fingerprint density at radius 2 is 2.33 bits per heavy atom. The fourth-order valence-electron chi connectivity index (χ4n) is 1.71. The molecule has 1 aliphatic rings. The van der Waals surface area contributed by atoms with Gasteiger partial charge in [-0.15, -0.1) is 11.8 Å². The van der Waals surface area contributed by atoms with E-state index in [1.807, 2.05) is 23.9 Å². The van der Waals surface area contributed by atoms with Crippen LogP contribution in [0.3, 0.4) is 0 Å². The highest BCUT2D eigenvalue weighted by Crippen LogP contribution is 2.39. The minimum absolute atomic E-state index is 0.402. The van der Waals surface area contributed by atoms with Crippen LogP contribution in [0.1, 0.15) is 6.92 Å². The van der Waals surface area contributed by atoms with Crippen molar-refractivity contribution in [3.05, 3.63) is 18.2 Å². The van der Waals surface area contributed by atoms with Gasteiger partial charge in [-0.2, -0.15) is 0 Å². The van der Waals surface area contributed by atoms with E-state index in [1.165, 1.54) is 4.90 Å². The summed E-state index contributed by atoms with van der Waals surface area (Å²) in [6.45, 7) is 2.86. The minimum atomic E-state index is 0.402. The van der Waals surface area contributed by atoms with Crippen molar-refractivity contribution in [1.29, 1.82) is 0 Å². The molecule has 1 heterocycles. The molecule has 0 bridgehead atoms. The number of anilines is 1. The molecule has 0 amide bonds. The van der Waals surface area contributed by atoms with Crippen molar-refractivity contribution in [3.8, 4) is 5.75 Å². The highest BCUT2D eigenvalue weighted by Gasteiger charge is 2.24. The Kier molecular flexibility index (Phi) is 3.07. The number of methoxy groups -OCH3 is 1. The Morgan fingerprint density at radius 1 is 1.53 bits per heavy atom. The molecule has 82 valence electrons. The van der Waals surface area contributed by atoms with Crippen molar-refractivity contribution in [2.75, 3.05) is 19.0 Å². The number of fused-ring (bicyclic) bond motifs is 1. The fraction of sp³-hybridized carbons (Fsp3) is 0.455. The van der Waals surface area contributed by atoms with Crippen LogP contribution in [-0.2, 0) is 0 Å². The van der Waals surface area contributed by atoms with Crippen molar-refractivity contribution in [2.24, 2.45) is 5.73 Å². The highest BCUT2D eigenvalue weighted by molar-refractivity contribution is 8.00. The maximum Gasteiger partial charge on any atom is 0.121 e. The van der Waals surface area contributed by atoms with E-state index in [-0.39, 0.29) is 0 Å². The van der Waals surface area contributed by atoms with Crippen molar-refractivity contribution < 1.29 is 4.74 Å². The number of benzene rings is 1. The largest absolute Gasteiger partial charge is 0.497 e. The smallest absolute Gasteiger partial charge is 0.121 e. The topological polar surface area (TPSA) is 47.3 Å². The van der Waals surface area contributed by atoms with E-state index in [2.05, 4.69) is 18.3 Å². The van der Waals surface area contributed by atoms with Crippen molar-refractivity contribution >= 4 is 17.4 Å². The summed E-state index contributed by atoms with van der Waals surface area (Å²) in [7, 11) is 1.68. The van der Waals surface area contributed by atoms with Gasteiger partial charge in [-0.1, -0.05) is 0 Å². The molecule has 2 rings (SSSR count). The van der Waals surface area contributed by atoms with E-state index in [1.54, 1.807) is 7.11 Å². The van der Waals surface area contributed by atoms with E-state index in [4.69, 9.17) is 10.5 Å². The Morgan fingerprint density at radius 3 is 3.00 bits per heavy atom. The molecule has 0 aromatic heterocycles. The van der Waals surface area contributed by atoms with Gasteiger partial charge in [0.2, 0.25) is 0 Å². The molecular weight excluding hydrogens is 208 g/mol. The first kappa shape index (κ1) is 10.6. The predicted octanol–water partition coefficient (Wildman–Crippen LogP) is 1.93. The third-order valence-corrected chi connectivity index (χ3v) is 4.15. The van der Waals surface area contributed by atoms with Crippen LogP contribution in [0.4, 0.5) is 5.69 Å². The second kappa shape index (κ2) is 4.33. The summed E-state index contributed by atoms with van der Waals surface area (Å²) >= 11 is 1.84. The molecule has 0 radical (unpaired) electrons. The molecule has 15 heavy (non-hydrogen) atoms. The van der Waals surface area contributed by atoms with Crippen molar-refractivity contribution in [2.45, 2.75) is 23.1 Å². The molecule has 0 fully saturated rings. The Balaban J connectivity index is 2.28. The monoisotopic (exact) mass is 224 g/mol. The van der Waals surface area contributed by atoms with Crippen LogP contribution in [0.15, 0.2) is 23.1 Å². The quantitative estimate of drug-likeness (QED) is 0.806. The Bertz CT molecular complexity index is 356. The summed E-state index contributed by atoms with van der Waals surface area (Å²) < 4.78 is 5.19. The van der Waals surface area contributed by atoms with Gasteiger partial charge in [-0.25, -0.2) is 0 Å². The Labute approximate surface area is 94.4 Å². The zero-order valence-corrected chi connectivity index (χ0v) is 9.80. The molecule has 1 aromatic rings. The zero-order valence-electron chi connectivity index (χ0n) is 8.99. The molecule has 2 atom stereocenters. The maximum absolute atomic E-state index is 5.72. The first-order valence-electron chi connectivity index (χ1n) is 5.06. The minimum Gasteiger partial charge on any atom is -0.497 e. The lowest BCUT2D eigenvalue weighted by Gasteiger charge is -2.31. The van der Waals surface area contributed by atoms with Crippen molar-refractivity contribution in [1.82, 2.24) is 0 Å². The molecule has 3 nitrogen and oxygen atoms in total. The average molecular weight is 224 g/mol. The SMILES string of the molecule is COc1ccc2c(c1)NC(C)C(CN)S2. The van der Waals surface area contributed by atoms with E-state index >= 15 is 0 Å². The number of nitrogens with two attached hydrogens (primary N) is 1. The van der Waals surface area contributed by atoms with E-state index in [9.17, 15) is 0 Å². The van der Waals surface area contributed by atoms with Gasteiger partial charge in [0.25, 0.3) is 0 Å². The van der Waals surface area contributed by atoms with Crippen LogP contribution in [-0.4, -0.2) is 24.9 Å². The number of thioether (sulfide) groups is 1. The second-order valence-corrected chi connectivity index (χ2v) is 4.97. The summed E-state index contributed by atoms with van der Waals surface area (Å²) in [5.74, 6) is 0.889. The van der Waals surface area contributed by atoms with E-state index in [0.29, 0.717) is 17.8 Å². The normalized spacial score (nSPS) is 24.2. The molecule has 2 unspecified atom stereocenters. The van der Waals surface area contributed by atoms with E-state index < -0.39 is 0 Å². The second-order valence-electron chi connectivity index (χ2n) is 3.69. The van der Waals surface area contributed by atoms with Crippen LogP contribution >= 0.6 is 11.8 Å². The molecule has 1 aromatic carbocycles. The zero-order chi connectivity index (χ0) is 10.8. The summed E-state index contributed by atoms with van der Waals surface area (Å²) in [4.78, 5) is 1.25. The van der Waals surface area contributed by atoms with Gasteiger partial charge < -0.3 is 15.8 Å².